The van der Waals surface area contributed by atoms with Gasteiger partial charge in [-0.3, -0.25) is 9.59 Å². The van der Waals surface area contributed by atoms with Crippen molar-refractivity contribution in [2.75, 3.05) is 7.05 Å². The average Bonchev–Trinajstić information content (AvgIpc) is 2.28. The van der Waals surface area contributed by atoms with Crippen LogP contribution in [0.25, 0.3) is 0 Å². The molecule has 2 N–H and O–H groups in total. The maximum atomic E-state index is 11.3. The number of ether oxygens (including phenoxy) is 1. The lowest BCUT2D eigenvalue weighted by atomic mass is 10.1. The summed E-state index contributed by atoms with van der Waals surface area (Å²) in [4.78, 5) is 32.2. The number of carboxylic acids is 1. The molecule has 0 aliphatic heterocycles. The Bertz CT molecular complexity index is 441. The highest BCUT2D eigenvalue weighted by Crippen LogP contribution is 2.17. The van der Waals surface area contributed by atoms with Gasteiger partial charge < -0.3 is 15.2 Å². The highest BCUT2D eigenvalue weighted by molar-refractivity contribution is 5.98. The topological polar surface area (TPSA) is 92.7 Å². The van der Waals surface area contributed by atoms with Crippen LogP contribution < -0.4 is 10.1 Å². The maximum absolute atomic E-state index is 11.3. The fraction of sp³-hybridized carbons (Fsp3) is 0.100. The van der Waals surface area contributed by atoms with Crippen LogP contribution in [-0.4, -0.2) is 30.5 Å². The van der Waals surface area contributed by atoms with E-state index in [-0.39, 0.29) is 23.3 Å². The van der Waals surface area contributed by atoms with E-state index in [1.54, 1.807) is 0 Å². The first-order chi connectivity index (χ1) is 7.58. The van der Waals surface area contributed by atoms with Crippen LogP contribution in [0.5, 0.6) is 5.75 Å². The molecule has 0 spiro atoms. The van der Waals surface area contributed by atoms with Gasteiger partial charge in [-0.1, -0.05) is 0 Å². The Morgan fingerprint density at radius 2 is 1.94 bits per heavy atom. The molecule has 0 saturated carbocycles. The molecule has 0 aliphatic rings. The van der Waals surface area contributed by atoms with E-state index in [0.717, 1.165) is 6.07 Å². The molecule has 6 heteroatoms. The van der Waals surface area contributed by atoms with Gasteiger partial charge in [-0.2, -0.15) is 0 Å². The largest absolute Gasteiger partial charge is 0.478 e. The first-order valence-electron chi connectivity index (χ1n) is 4.29. The van der Waals surface area contributed by atoms with Crippen LogP contribution in [-0.2, 0) is 4.79 Å². The number of carbonyl (C=O) groups excluding carboxylic acids is 2. The number of rotatable bonds is 4. The van der Waals surface area contributed by atoms with E-state index in [0.29, 0.717) is 0 Å². The SMILES string of the molecule is CNC(=O)c1cc(OC=O)cc(C(=O)O)c1. The second kappa shape index (κ2) is 4.92. The zero-order valence-corrected chi connectivity index (χ0v) is 8.39. The number of carbonyl (C=O) groups is 3. The third-order valence-corrected chi connectivity index (χ3v) is 1.83. The van der Waals surface area contributed by atoms with Crippen molar-refractivity contribution in [3.63, 3.8) is 0 Å². The molecule has 1 aromatic rings. The fourth-order valence-electron chi connectivity index (χ4n) is 1.12. The fourth-order valence-corrected chi connectivity index (χ4v) is 1.12. The Balaban J connectivity index is 3.23. The molecule has 0 bridgehead atoms. The highest BCUT2D eigenvalue weighted by atomic mass is 16.5. The van der Waals surface area contributed by atoms with E-state index in [9.17, 15) is 14.4 Å². The van der Waals surface area contributed by atoms with Crippen molar-refractivity contribution in [3.05, 3.63) is 29.3 Å². The van der Waals surface area contributed by atoms with Crippen LogP contribution in [0, 0.1) is 0 Å². The van der Waals surface area contributed by atoms with Gasteiger partial charge >= 0.3 is 5.97 Å². The number of hydrogen-bond donors (Lipinski definition) is 2. The second-order valence-corrected chi connectivity index (χ2v) is 2.84. The van der Waals surface area contributed by atoms with Gasteiger partial charge in [0.15, 0.2) is 0 Å². The van der Waals surface area contributed by atoms with Crippen LogP contribution in [0.4, 0.5) is 0 Å². The number of benzene rings is 1. The lowest BCUT2D eigenvalue weighted by molar-refractivity contribution is -0.120. The first-order valence-corrected chi connectivity index (χ1v) is 4.29. The minimum absolute atomic E-state index is 0.00787. The van der Waals surface area contributed by atoms with E-state index in [1.165, 1.54) is 19.2 Å². The summed E-state index contributed by atoms with van der Waals surface area (Å²) < 4.78 is 4.51. The van der Waals surface area contributed by atoms with Crippen molar-refractivity contribution in [1.29, 1.82) is 0 Å². The van der Waals surface area contributed by atoms with Crippen LogP contribution in [0.2, 0.25) is 0 Å². The number of hydrogen-bond acceptors (Lipinski definition) is 4. The highest BCUT2D eigenvalue weighted by Gasteiger charge is 2.11. The minimum Gasteiger partial charge on any atom is -0.478 e. The van der Waals surface area contributed by atoms with Gasteiger partial charge in [-0.25, -0.2) is 4.79 Å². The van der Waals surface area contributed by atoms with Crippen molar-refractivity contribution in [2.45, 2.75) is 0 Å². The normalized spacial score (nSPS) is 9.31. The second-order valence-electron chi connectivity index (χ2n) is 2.84. The number of aromatic carboxylic acids is 1. The van der Waals surface area contributed by atoms with E-state index in [4.69, 9.17) is 5.11 Å². The summed E-state index contributed by atoms with van der Waals surface area (Å²) in [5, 5.41) is 11.1. The molecular formula is C10H9NO5. The Kier molecular flexibility index (Phi) is 3.60. The van der Waals surface area contributed by atoms with E-state index < -0.39 is 11.9 Å². The summed E-state index contributed by atoms with van der Waals surface area (Å²) in [6.45, 7) is 0.161. The molecule has 0 heterocycles. The molecule has 84 valence electrons. The predicted octanol–water partition coefficient (Wildman–Crippen LogP) is 0.280. The van der Waals surface area contributed by atoms with Crippen LogP contribution in [0.15, 0.2) is 18.2 Å². The van der Waals surface area contributed by atoms with Crippen molar-refractivity contribution in [3.8, 4) is 5.75 Å². The molecule has 6 nitrogen and oxygen atoms in total. The molecule has 0 radical (unpaired) electrons. The van der Waals surface area contributed by atoms with Crippen LogP contribution >= 0.6 is 0 Å². The molecule has 1 aromatic carbocycles. The lowest BCUT2D eigenvalue weighted by Crippen LogP contribution is -2.18. The molecule has 16 heavy (non-hydrogen) atoms. The zero-order valence-electron chi connectivity index (χ0n) is 8.39. The number of nitrogens with one attached hydrogen (secondary N) is 1. The Labute approximate surface area is 90.8 Å². The molecular weight excluding hydrogens is 214 g/mol. The monoisotopic (exact) mass is 223 g/mol. The van der Waals surface area contributed by atoms with E-state index >= 15 is 0 Å². The first kappa shape index (κ1) is 11.7. The summed E-state index contributed by atoms with van der Waals surface area (Å²) in [7, 11) is 1.41. The molecule has 1 rings (SSSR count). The summed E-state index contributed by atoms with van der Waals surface area (Å²) in [5.74, 6) is -1.66. The van der Waals surface area contributed by atoms with Crippen molar-refractivity contribution in [1.82, 2.24) is 5.32 Å². The molecule has 0 aromatic heterocycles. The van der Waals surface area contributed by atoms with Crippen molar-refractivity contribution >= 4 is 18.3 Å². The molecule has 0 atom stereocenters. The van der Waals surface area contributed by atoms with Crippen molar-refractivity contribution < 1.29 is 24.2 Å². The van der Waals surface area contributed by atoms with Gasteiger partial charge in [-0.15, -0.1) is 0 Å². The Hall–Kier alpha value is -2.37. The summed E-state index contributed by atoms with van der Waals surface area (Å²) in [6.07, 6.45) is 0. The minimum atomic E-state index is -1.21. The van der Waals surface area contributed by atoms with Gasteiger partial charge in [-0.05, 0) is 18.2 Å². The third kappa shape index (κ3) is 2.57. The van der Waals surface area contributed by atoms with Gasteiger partial charge in [0, 0.05) is 12.6 Å². The standard InChI is InChI=1S/C10H9NO5/c1-11-9(13)6-2-7(10(14)15)4-8(3-6)16-5-12/h2-5H,1H3,(H,11,13)(H,14,15). The van der Waals surface area contributed by atoms with Crippen LogP contribution in [0.1, 0.15) is 20.7 Å². The predicted molar refractivity (Wildman–Crippen MR) is 53.5 cm³/mol. The summed E-state index contributed by atoms with van der Waals surface area (Å²) in [5.41, 5.74) is -0.0165. The number of amides is 1. The molecule has 0 saturated heterocycles. The summed E-state index contributed by atoms with van der Waals surface area (Å²) >= 11 is 0. The maximum Gasteiger partial charge on any atom is 0.335 e. The molecule has 0 unspecified atom stereocenters. The molecule has 0 aliphatic carbocycles. The third-order valence-electron chi connectivity index (χ3n) is 1.83. The van der Waals surface area contributed by atoms with E-state index in [1.807, 2.05) is 0 Å². The smallest absolute Gasteiger partial charge is 0.335 e. The lowest BCUT2D eigenvalue weighted by Gasteiger charge is -2.04. The van der Waals surface area contributed by atoms with E-state index in [2.05, 4.69) is 10.1 Å². The number of carboxylic acid groups (broad SMARTS) is 1. The van der Waals surface area contributed by atoms with Gasteiger partial charge in [0.1, 0.15) is 5.75 Å². The van der Waals surface area contributed by atoms with Gasteiger partial charge in [0.05, 0.1) is 5.56 Å². The quantitative estimate of drug-likeness (QED) is 0.715. The zero-order chi connectivity index (χ0) is 12.1. The Morgan fingerprint density at radius 1 is 1.31 bits per heavy atom. The van der Waals surface area contributed by atoms with Gasteiger partial charge in [0.25, 0.3) is 12.4 Å². The van der Waals surface area contributed by atoms with Crippen LogP contribution in [0.3, 0.4) is 0 Å². The summed E-state index contributed by atoms with van der Waals surface area (Å²) in [6, 6.07) is 3.63. The molecule has 0 fully saturated rings. The Morgan fingerprint density at radius 3 is 2.44 bits per heavy atom. The van der Waals surface area contributed by atoms with Gasteiger partial charge in [0.2, 0.25) is 0 Å². The molecule has 1 amide bonds. The average molecular weight is 223 g/mol. The van der Waals surface area contributed by atoms with Crippen molar-refractivity contribution in [2.24, 2.45) is 0 Å².